The molecule has 6 nitrogen and oxygen atoms in total. The van der Waals surface area contributed by atoms with Gasteiger partial charge < -0.3 is 14.6 Å². The van der Waals surface area contributed by atoms with E-state index in [1.165, 1.54) is 0 Å². The monoisotopic (exact) mass is 392 g/mol. The number of benzene rings is 2. The number of amides is 1. The summed E-state index contributed by atoms with van der Waals surface area (Å²) in [6, 6.07) is 16.4. The zero-order valence-electron chi connectivity index (χ0n) is 16.8. The standard InChI is InChI=1S/C23H24N2O4/c1-15-9-11-19(12-10-15)24-23(27)22(18-7-5-4-6-8-18)28-21(26)14-13-20-16(2)25-29-17(20)3/h4-12,22H,13-14H2,1-3H3,(H,24,27)/t22-/m1/s1. The molecule has 0 aliphatic heterocycles. The van der Waals surface area contributed by atoms with Crippen LogP contribution in [0.2, 0.25) is 0 Å². The number of hydrogen-bond acceptors (Lipinski definition) is 5. The van der Waals surface area contributed by atoms with Crippen molar-refractivity contribution in [2.75, 3.05) is 5.32 Å². The Hall–Kier alpha value is -3.41. The van der Waals surface area contributed by atoms with Crippen LogP contribution in [0, 0.1) is 20.8 Å². The molecule has 0 radical (unpaired) electrons. The smallest absolute Gasteiger partial charge is 0.307 e. The van der Waals surface area contributed by atoms with Gasteiger partial charge in [-0.2, -0.15) is 0 Å². The number of aromatic nitrogens is 1. The molecule has 150 valence electrons. The molecule has 3 aromatic rings. The van der Waals surface area contributed by atoms with Gasteiger partial charge in [0.1, 0.15) is 5.76 Å². The topological polar surface area (TPSA) is 81.4 Å². The van der Waals surface area contributed by atoms with Gasteiger partial charge in [0.15, 0.2) is 0 Å². The maximum Gasteiger partial charge on any atom is 0.307 e. The first-order valence-electron chi connectivity index (χ1n) is 9.47. The lowest BCUT2D eigenvalue weighted by Crippen LogP contribution is -2.26. The van der Waals surface area contributed by atoms with E-state index in [0.717, 1.165) is 16.8 Å². The van der Waals surface area contributed by atoms with E-state index in [1.54, 1.807) is 24.3 Å². The minimum Gasteiger partial charge on any atom is -0.447 e. The molecule has 0 saturated heterocycles. The van der Waals surface area contributed by atoms with E-state index in [2.05, 4.69) is 10.5 Å². The predicted molar refractivity (Wildman–Crippen MR) is 109 cm³/mol. The van der Waals surface area contributed by atoms with Crippen molar-refractivity contribution in [2.24, 2.45) is 0 Å². The van der Waals surface area contributed by atoms with Crippen molar-refractivity contribution in [3.8, 4) is 0 Å². The highest BCUT2D eigenvalue weighted by Gasteiger charge is 2.25. The van der Waals surface area contributed by atoms with Crippen molar-refractivity contribution < 1.29 is 18.8 Å². The molecule has 1 N–H and O–H groups in total. The molecule has 0 spiro atoms. The van der Waals surface area contributed by atoms with Crippen molar-refractivity contribution in [1.29, 1.82) is 0 Å². The molecule has 2 aromatic carbocycles. The van der Waals surface area contributed by atoms with Crippen LogP contribution in [0.25, 0.3) is 0 Å². The SMILES string of the molecule is Cc1ccc(NC(=O)[C@H](OC(=O)CCc2c(C)noc2C)c2ccccc2)cc1. The van der Waals surface area contributed by atoms with Crippen LogP contribution in [0.4, 0.5) is 5.69 Å². The highest BCUT2D eigenvalue weighted by atomic mass is 16.5. The number of ether oxygens (including phenoxy) is 1. The molecular weight excluding hydrogens is 368 g/mol. The summed E-state index contributed by atoms with van der Waals surface area (Å²) in [6.45, 7) is 5.61. The van der Waals surface area contributed by atoms with Crippen molar-refractivity contribution in [1.82, 2.24) is 5.16 Å². The normalized spacial score (nSPS) is 11.7. The largest absolute Gasteiger partial charge is 0.447 e. The number of nitrogens with zero attached hydrogens (tertiary/aromatic N) is 1. The molecule has 0 aliphatic carbocycles. The zero-order valence-corrected chi connectivity index (χ0v) is 16.8. The van der Waals surface area contributed by atoms with Crippen molar-refractivity contribution in [2.45, 2.75) is 39.7 Å². The van der Waals surface area contributed by atoms with Gasteiger partial charge in [-0.3, -0.25) is 9.59 Å². The third-order valence-corrected chi connectivity index (χ3v) is 4.67. The Kier molecular flexibility index (Phi) is 6.44. The fraction of sp³-hybridized carbons (Fsp3) is 0.261. The van der Waals surface area contributed by atoms with Crippen LogP contribution in [-0.2, 0) is 20.7 Å². The van der Waals surface area contributed by atoms with E-state index >= 15 is 0 Å². The Morgan fingerprint density at radius 3 is 2.34 bits per heavy atom. The average molecular weight is 392 g/mol. The quantitative estimate of drug-likeness (QED) is 0.601. The number of anilines is 1. The van der Waals surface area contributed by atoms with E-state index in [4.69, 9.17) is 9.26 Å². The molecule has 0 saturated carbocycles. The highest BCUT2D eigenvalue weighted by Crippen LogP contribution is 2.22. The second-order valence-electron chi connectivity index (χ2n) is 6.94. The highest BCUT2D eigenvalue weighted by molar-refractivity contribution is 5.96. The first-order chi connectivity index (χ1) is 13.9. The number of carbonyl (C=O) groups excluding carboxylic acids is 2. The molecule has 1 aromatic heterocycles. The predicted octanol–water partition coefficient (Wildman–Crippen LogP) is 4.46. The Balaban J connectivity index is 1.70. The van der Waals surface area contributed by atoms with Crippen LogP contribution in [0.3, 0.4) is 0 Å². The van der Waals surface area contributed by atoms with Gasteiger partial charge in [-0.1, -0.05) is 53.2 Å². The van der Waals surface area contributed by atoms with E-state index < -0.39 is 18.0 Å². The van der Waals surface area contributed by atoms with Gasteiger partial charge in [0.2, 0.25) is 6.10 Å². The number of rotatable bonds is 7. The third-order valence-electron chi connectivity index (χ3n) is 4.67. The van der Waals surface area contributed by atoms with Crippen LogP contribution >= 0.6 is 0 Å². The molecule has 3 rings (SSSR count). The molecule has 6 heteroatoms. The number of carbonyl (C=O) groups is 2. The summed E-state index contributed by atoms with van der Waals surface area (Å²) in [6.07, 6.45) is -0.458. The lowest BCUT2D eigenvalue weighted by atomic mass is 10.1. The Morgan fingerprint density at radius 2 is 1.72 bits per heavy atom. The van der Waals surface area contributed by atoms with Crippen molar-refractivity contribution >= 4 is 17.6 Å². The van der Waals surface area contributed by atoms with Gasteiger partial charge in [0, 0.05) is 23.2 Å². The van der Waals surface area contributed by atoms with Crippen LogP contribution < -0.4 is 5.32 Å². The third kappa shape index (κ3) is 5.31. The van der Waals surface area contributed by atoms with Gasteiger partial charge in [-0.15, -0.1) is 0 Å². The lowest BCUT2D eigenvalue weighted by molar-refractivity contribution is -0.154. The second kappa shape index (κ2) is 9.19. The van der Waals surface area contributed by atoms with E-state index in [1.807, 2.05) is 51.1 Å². The Morgan fingerprint density at radius 1 is 1.03 bits per heavy atom. The number of nitrogens with one attached hydrogen (secondary N) is 1. The van der Waals surface area contributed by atoms with Crippen LogP contribution in [0.1, 0.15) is 40.7 Å². The molecule has 0 fully saturated rings. The van der Waals surface area contributed by atoms with Gasteiger partial charge in [-0.25, -0.2) is 0 Å². The fourth-order valence-corrected chi connectivity index (χ4v) is 3.02. The van der Waals surface area contributed by atoms with E-state index in [-0.39, 0.29) is 6.42 Å². The number of esters is 1. The first kappa shape index (κ1) is 20.3. The number of aryl methyl sites for hydroxylation is 3. The van der Waals surface area contributed by atoms with E-state index in [9.17, 15) is 9.59 Å². The van der Waals surface area contributed by atoms with Gasteiger partial charge in [0.05, 0.1) is 5.69 Å². The molecule has 0 unspecified atom stereocenters. The maximum absolute atomic E-state index is 12.9. The summed E-state index contributed by atoms with van der Waals surface area (Å²) >= 11 is 0. The average Bonchev–Trinajstić information content (AvgIpc) is 3.04. The maximum atomic E-state index is 12.9. The molecular formula is C23H24N2O4. The van der Waals surface area contributed by atoms with Crippen LogP contribution in [-0.4, -0.2) is 17.0 Å². The van der Waals surface area contributed by atoms with Crippen LogP contribution in [0.15, 0.2) is 59.1 Å². The number of hydrogen-bond donors (Lipinski definition) is 1. The van der Waals surface area contributed by atoms with E-state index in [0.29, 0.717) is 23.4 Å². The van der Waals surface area contributed by atoms with Gasteiger partial charge in [0.25, 0.3) is 5.91 Å². The lowest BCUT2D eigenvalue weighted by Gasteiger charge is -2.18. The first-order valence-corrected chi connectivity index (χ1v) is 9.47. The van der Waals surface area contributed by atoms with Gasteiger partial charge >= 0.3 is 5.97 Å². The molecule has 1 atom stereocenters. The molecule has 29 heavy (non-hydrogen) atoms. The summed E-state index contributed by atoms with van der Waals surface area (Å²) < 4.78 is 10.7. The summed E-state index contributed by atoms with van der Waals surface area (Å²) in [4.78, 5) is 25.4. The molecule has 0 bridgehead atoms. The van der Waals surface area contributed by atoms with Gasteiger partial charge in [-0.05, 0) is 39.3 Å². The van der Waals surface area contributed by atoms with Crippen molar-refractivity contribution in [3.63, 3.8) is 0 Å². The molecule has 1 heterocycles. The zero-order chi connectivity index (χ0) is 20.8. The summed E-state index contributed by atoms with van der Waals surface area (Å²) in [5.74, 6) is -0.171. The Labute approximate surface area is 169 Å². The minimum absolute atomic E-state index is 0.129. The Bertz CT molecular complexity index is 958. The summed E-state index contributed by atoms with van der Waals surface area (Å²) in [7, 11) is 0. The summed E-state index contributed by atoms with van der Waals surface area (Å²) in [5.41, 5.74) is 4.00. The fourth-order valence-electron chi connectivity index (χ4n) is 3.02. The second-order valence-corrected chi connectivity index (χ2v) is 6.94. The molecule has 1 amide bonds. The van der Waals surface area contributed by atoms with Crippen molar-refractivity contribution in [3.05, 3.63) is 82.7 Å². The summed E-state index contributed by atoms with van der Waals surface area (Å²) in [5, 5.41) is 6.71. The van der Waals surface area contributed by atoms with Crippen LogP contribution in [0.5, 0.6) is 0 Å². The molecule has 0 aliphatic rings. The minimum atomic E-state index is -1.03.